The van der Waals surface area contributed by atoms with Crippen LogP contribution in [0.15, 0.2) is 48.5 Å². The Morgan fingerprint density at radius 1 is 1.08 bits per heavy atom. The molecule has 2 rings (SSSR count). The van der Waals surface area contributed by atoms with E-state index in [1.54, 1.807) is 31.4 Å². The van der Waals surface area contributed by atoms with Crippen LogP contribution in [0.1, 0.15) is 19.4 Å². The second-order valence-corrected chi connectivity index (χ2v) is 5.36. The van der Waals surface area contributed by atoms with E-state index in [4.69, 9.17) is 4.74 Å². The first-order valence-corrected chi connectivity index (χ1v) is 7.85. The molecule has 0 saturated heterocycles. The Morgan fingerprint density at radius 2 is 1.75 bits per heavy atom. The number of benzene rings is 2. The molecule has 0 unspecified atom stereocenters. The first-order chi connectivity index (χ1) is 11.5. The Kier molecular flexibility index (Phi) is 5.95. The fraction of sp³-hybridized carbons (Fsp3) is 0.263. The first kappa shape index (κ1) is 17.5. The van der Waals surface area contributed by atoms with Crippen LogP contribution in [0.2, 0.25) is 0 Å². The minimum Gasteiger partial charge on any atom is -0.497 e. The van der Waals surface area contributed by atoms with Gasteiger partial charge in [-0.2, -0.15) is 0 Å². The normalized spacial score (nSPS) is 10.1. The number of hydrogen-bond acceptors (Lipinski definition) is 3. The maximum absolute atomic E-state index is 12.3. The molecule has 0 saturated carbocycles. The summed E-state index contributed by atoms with van der Waals surface area (Å²) < 4.78 is 5.09. The van der Waals surface area contributed by atoms with Gasteiger partial charge in [-0.3, -0.25) is 9.59 Å². The highest BCUT2D eigenvalue weighted by atomic mass is 16.5. The van der Waals surface area contributed by atoms with E-state index < -0.39 is 0 Å². The van der Waals surface area contributed by atoms with Gasteiger partial charge in [-0.25, -0.2) is 0 Å². The van der Waals surface area contributed by atoms with E-state index in [-0.39, 0.29) is 18.4 Å². The van der Waals surface area contributed by atoms with Gasteiger partial charge in [-0.1, -0.05) is 25.1 Å². The van der Waals surface area contributed by atoms with Crippen LogP contribution >= 0.6 is 0 Å². The molecule has 24 heavy (non-hydrogen) atoms. The molecule has 0 atom stereocenters. The van der Waals surface area contributed by atoms with Crippen LogP contribution < -0.4 is 15.0 Å². The molecule has 2 aromatic carbocycles. The van der Waals surface area contributed by atoms with Gasteiger partial charge in [0.05, 0.1) is 7.11 Å². The number of aryl methyl sites for hydroxylation is 1. The molecule has 0 heterocycles. The molecule has 0 bridgehead atoms. The van der Waals surface area contributed by atoms with Crippen molar-refractivity contribution in [2.24, 2.45) is 0 Å². The van der Waals surface area contributed by atoms with Crippen molar-refractivity contribution in [3.63, 3.8) is 0 Å². The average Bonchev–Trinajstić information content (AvgIpc) is 2.60. The molecule has 5 heteroatoms. The summed E-state index contributed by atoms with van der Waals surface area (Å²) in [6, 6.07) is 14.7. The zero-order chi connectivity index (χ0) is 17.5. The van der Waals surface area contributed by atoms with E-state index in [0.717, 1.165) is 23.4 Å². The zero-order valence-corrected chi connectivity index (χ0v) is 14.2. The predicted octanol–water partition coefficient (Wildman–Crippen LogP) is 3.25. The minimum absolute atomic E-state index is 0.0294. The van der Waals surface area contributed by atoms with Gasteiger partial charge in [0, 0.05) is 18.3 Å². The van der Waals surface area contributed by atoms with E-state index in [9.17, 15) is 9.59 Å². The van der Waals surface area contributed by atoms with Crippen molar-refractivity contribution in [2.75, 3.05) is 23.9 Å². The minimum atomic E-state index is -0.249. The predicted molar refractivity (Wildman–Crippen MR) is 95.5 cm³/mol. The molecular weight excluding hydrogens is 304 g/mol. The van der Waals surface area contributed by atoms with Gasteiger partial charge in [0.1, 0.15) is 12.3 Å². The van der Waals surface area contributed by atoms with E-state index in [1.807, 2.05) is 31.2 Å². The lowest BCUT2D eigenvalue weighted by atomic mass is 10.1. The van der Waals surface area contributed by atoms with Gasteiger partial charge >= 0.3 is 0 Å². The van der Waals surface area contributed by atoms with Crippen LogP contribution in [0.25, 0.3) is 0 Å². The lowest BCUT2D eigenvalue weighted by Crippen LogP contribution is -2.37. The number of amides is 2. The van der Waals surface area contributed by atoms with Crippen LogP contribution in [0.5, 0.6) is 5.75 Å². The number of carbonyl (C=O) groups is 2. The van der Waals surface area contributed by atoms with Crippen LogP contribution in [0, 0.1) is 0 Å². The topological polar surface area (TPSA) is 58.6 Å². The number of nitrogens with one attached hydrogen (secondary N) is 1. The molecule has 2 aromatic rings. The number of carbonyl (C=O) groups excluding carboxylic acids is 2. The number of hydrogen-bond donors (Lipinski definition) is 1. The van der Waals surface area contributed by atoms with Crippen molar-refractivity contribution in [1.82, 2.24) is 0 Å². The third-order valence-electron chi connectivity index (χ3n) is 3.72. The second-order valence-electron chi connectivity index (χ2n) is 5.36. The Morgan fingerprint density at radius 3 is 2.33 bits per heavy atom. The molecule has 1 N–H and O–H groups in total. The third-order valence-corrected chi connectivity index (χ3v) is 3.72. The summed E-state index contributed by atoms with van der Waals surface area (Å²) in [6.07, 6.45) is 0.792. The van der Waals surface area contributed by atoms with E-state index in [0.29, 0.717) is 5.69 Å². The Bertz CT molecular complexity index is 711. The average molecular weight is 326 g/mol. The van der Waals surface area contributed by atoms with Crippen LogP contribution in [-0.2, 0) is 16.0 Å². The molecule has 0 radical (unpaired) electrons. The summed E-state index contributed by atoms with van der Waals surface area (Å²) in [5.41, 5.74) is 2.47. The number of rotatable bonds is 6. The molecule has 0 fully saturated rings. The summed E-state index contributed by atoms with van der Waals surface area (Å²) in [4.78, 5) is 25.8. The van der Waals surface area contributed by atoms with Gasteiger partial charge in [0.15, 0.2) is 0 Å². The fourth-order valence-electron chi connectivity index (χ4n) is 2.46. The van der Waals surface area contributed by atoms with Crippen LogP contribution in [-0.4, -0.2) is 25.5 Å². The van der Waals surface area contributed by atoms with Gasteiger partial charge in [-0.15, -0.1) is 0 Å². The fourth-order valence-corrected chi connectivity index (χ4v) is 2.46. The highest BCUT2D eigenvalue weighted by Gasteiger charge is 2.18. The SMILES string of the molecule is CCc1ccccc1N(CC(=O)Nc1ccc(OC)cc1)C(C)=O. The van der Waals surface area contributed by atoms with E-state index in [2.05, 4.69) is 5.32 Å². The monoisotopic (exact) mass is 326 g/mol. The molecule has 0 spiro atoms. The quantitative estimate of drug-likeness (QED) is 0.886. The Hall–Kier alpha value is -2.82. The lowest BCUT2D eigenvalue weighted by molar-refractivity contribution is -0.120. The summed E-state index contributed by atoms with van der Waals surface area (Å²) in [7, 11) is 1.59. The molecule has 0 aliphatic rings. The molecule has 0 aliphatic carbocycles. The highest BCUT2D eigenvalue weighted by molar-refractivity contribution is 6.02. The van der Waals surface area contributed by atoms with Crippen molar-refractivity contribution in [3.8, 4) is 5.75 Å². The number of methoxy groups -OCH3 is 1. The standard InChI is InChI=1S/C19H22N2O3/c1-4-15-7-5-6-8-18(15)21(14(2)22)13-19(23)20-16-9-11-17(24-3)12-10-16/h5-12H,4,13H2,1-3H3,(H,20,23). The zero-order valence-electron chi connectivity index (χ0n) is 14.2. The van der Waals surface area contributed by atoms with Crippen LogP contribution in [0.4, 0.5) is 11.4 Å². The Labute approximate surface area is 142 Å². The van der Waals surface area contributed by atoms with Crippen molar-refractivity contribution in [3.05, 3.63) is 54.1 Å². The summed E-state index contributed by atoms with van der Waals surface area (Å²) >= 11 is 0. The number of anilines is 2. The Balaban J connectivity index is 2.12. The van der Waals surface area contributed by atoms with E-state index in [1.165, 1.54) is 11.8 Å². The molecule has 5 nitrogen and oxygen atoms in total. The third kappa shape index (κ3) is 4.35. The van der Waals surface area contributed by atoms with Crippen molar-refractivity contribution < 1.29 is 14.3 Å². The number of ether oxygens (including phenoxy) is 1. The first-order valence-electron chi connectivity index (χ1n) is 7.85. The van der Waals surface area contributed by atoms with Gasteiger partial charge in [0.25, 0.3) is 0 Å². The summed E-state index contributed by atoms with van der Waals surface area (Å²) in [5.74, 6) is 0.303. The van der Waals surface area contributed by atoms with Crippen LogP contribution in [0.3, 0.4) is 0 Å². The maximum atomic E-state index is 12.3. The molecule has 0 aromatic heterocycles. The van der Waals surface area contributed by atoms with Gasteiger partial charge < -0.3 is 15.0 Å². The van der Waals surface area contributed by atoms with Crippen molar-refractivity contribution in [2.45, 2.75) is 20.3 Å². The largest absolute Gasteiger partial charge is 0.497 e. The van der Waals surface area contributed by atoms with E-state index >= 15 is 0 Å². The van der Waals surface area contributed by atoms with Crippen molar-refractivity contribution in [1.29, 1.82) is 0 Å². The lowest BCUT2D eigenvalue weighted by Gasteiger charge is -2.23. The summed E-state index contributed by atoms with van der Waals surface area (Å²) in [5, 5.41) is 2.80. The van der Waals surface area contributed by atoms with Crippen molar-refractivity contribution >= 4 is 23.2 Å². The van der Waals surface area contributed by atoms with Gasteiger partial charge in [0.2, 0.25) is 11.8 Å². The molecule has 126 valence electrons. The summed E-state index contributed by atoms with van der Waals surface area (Å²) in [6.45, 7) is 3.46. The number of para-hydroxylation sites is 1. The molecular formula is C19H22N2O3. The molecule has 2 amide bonds. The molecule has 0 aliphatic heterocycles. The highest BCUT2D eigenvalue weighted by Crippen LogP contribution is 2.21. The second kappa shape index (κ2) is 8.15. The van der Waals surface area contributed by atoms with Gasteiger partial charge in [-0.05, 0) is 42.3 Å². The smallest absolute Gasteiger partial charge is 0.244 e. The number of nitrogens with zero attached hydrogens (tertiary/aromatic N) is 1. The maximum Gasteiger partial charge on any atom is 0.244 e.